The van der Waals surface area contributed by atoms with Gasteiger partial charge in [0, 0.05) is 37.3 Å². The number of rotatable bonds is 4. The van der Waals surface area contributed by atoms with Crippen LogP contribution in [-0.4, -0.2) is 72.8 Å². The molecule has 1 amide bonds. The zero-order chi connectivity index (χ0) is 19.7. The Morgan fingerprint density at radius 2 is 2.00 bits per heavy atom. The summed E-state index contributed by atoms with van der Waals surface area (Å²) in [6.07, 6.45) is 1.72. The van der Waals surface area contributed by atoms with Gasteiger partial charge in [-0.2, -0.15) is 4.98 Å². The maximum absolute atomic E-state index is 13.2. The van der Waals surface area contributed by atoms with Gasteiger partial charge in [0.25, 0.3) is 0 Å². The molecule has 0 aliphatic carbocycles. The van der Waals surface area contributed by atoms with E-state index in [4.69, 9.17) is 9.26 Å². The van der Waals surface area contributed by atoms with Crippen LogP contribution in [0.5, 0.6) is 0 Å². The first-order valence-corrected chi connectivity index (χ1v) is 9.57. The van der Waals surface area contributed by atoms with E-state index < -0.39 is 0 Å². The van der Waals surface area contributed by atoms with E-state index in [1.165, 1.54) is 12.1 Å². The van der Waals surface area contributed by atoms with Crippen LogP contribution in [-0.2, 0) is 9.53 Å². The second-order valence-corrected chi connectivity index (χ2v) is 8.00. The number of carbonyl (C=O) groups excluding carboxylic acids is 1. The molecule has 1 aromatic carbocycles. The predicted octanol–water partition coefficient (Wildman–Crippen LogP) is 2.16. The Kier molecular flexibility index (Phi) is 5.16. The Balaban J connectivity index is 1.60. The maximum Gasteiger partial charge on any atom is 0.236 e. The zero-order valence-corrected chi connectivity index (χ0v) is 16.2. The number of ether oxygens (including phenoxy) is 1. The zero-order valence-electron chi connectivity index (χ0n) is 16.2. The van der Waals surface area contributed by atoms with Crippen LogP contribution in [0.1, 0.15) is 24.7 Å². The molecule has 2 saturated heterocycles. The molecule has 3 heterocycles. The van der Waals surface area contributed by atoms with Gasteiger partial charge in [0.05, 0.1) is 12.5 Å². The number of hydrogen-bond acceptors (Lipinski definition) is 6. The molecule has 1 aromatic heterocycles. The van der Waals surface area contributed by atoms with Gasteiger partial charge in [-0.1, -0.05) is 5.16 Å². The van der Waals surface area contributed by atoms with Crippen molar-refractivity contribution in [1.29, 1.82) is 0 Å². The Bertz CT molecular complexity index is 830. The van der Waals surface area contributed by atoms with Gasteiger partial charge < -0.3 is 19.1 Å². The van der Waals surface area contributed by atoms with Crippen LogP contribution in [0, 0.1) is 11.2 Å². The van der Waals surface area contributed by atoms with Gasteiger partial charge in [-0.05, 0) is 51.2 Å². The number of likely N-dealkylation sites (N-methyl/N-ethyl adjacent to an activating group) is 1. The molecular formula is C20H25FN4O3. The molecule has 0 bridgehead atoms. The minimum absolute atomic E-state index is 0.0239. The van der Waals surface area contributed by atoms with Gasteiger partial charge in [0.15, 0.2) is 0 Å². The van der Waals surface area contributed by atoms with Crippen molar-refractivity contribution in [1.82, 2.24) is 19.9 Å². The fraction of sp³-hybridized carbons (Fsp3) is 0.550. The van der Waals surface area contributed by atoms with Crippen LogP contribution >= 0.6 is 0 Å². The molecule has 28 heavy (non-hydrogen) atoms. The number of halogens is 1. The molecule has 1 spiro atoms. The maximum atomic E-state index is 13.2. The number of likely N-dealkylation sites (tertiary alicyclic amines) is 1. The Labute approximate surface area is 163 Å². The van der Waals surface area contributed by atoms with Gasteiger partial charge in [0.1, 0.15) is 5.82 Å². The lowest BCUT2D eigenvalue weighted by Crippen LogP contribution is -2.39. The summed E-state index contributed by atoms with van der Waals surface area (Å²) in [6, 6.07) is 6.02. The highest BCUT2D eigenvalue weighted by Gasteiger charge is 2.51. The summed E-state index contributed by atoms with van der Waals surface area (Å²) >= 11 is 0. The average molecular weight is 388 g/mol. The average Bonchev–Trinajstić information content (AvgIpc) is 3.28. The molecule has 2 aliphatic rings. The highest BCUT2D eigenvalue weighted by molar-refractivity contribution is 5.78. The molecule has 7 nitrogen and oxygen atoms in total. The van der Waals surface area contributed by atoms with Crippen molar-refractivity contribution in [2.24, 2.45) is 5.41 Å². The molecule has 0 saturated carbocycles. The van der Waals surface area contributed by atoms with Crippen LogP contribution in [0.15, 0.2) is 28.8 Å². The van der Waals surface area contributed by atoms with E-state index in [0.29, 0.717) is 50.1 Å². The lowest BCUT2D eigenvalue weighted by atomic mass is 9.72. The smallest absolute Gasteiger partial charge is 0.236 e. The second kappa shape index (κ2) is 7.60. The molecule has 0 radical (unpaired) electrons. The minimum atomic E-state index is -0.306. The molecule has 0 unspecified atom stereocenters. The molecule has 8 heteroatoms. The fourth-order valence-corrected chi connectivity index (χ4v) is 4.25. The highest BCUT2D eigenvalue weighted by atomic mass is 19.1. The number of hydrogen-bond donors (Lipinski definition) is 0. The van der Waals surface area contributed by atoms with E-state index >= 15 is 0 Å². The Hall–Kier alpha value is -2.32. The van der Waals surface area contributed by atoms with Crippen molar-refractivity contribution in [2.75, 3.05) is 46.9 Å². The summed E-state index contributed by atoms with van der Waals surface area (Å²) in [4.78, 5) is 21.1. The summed E-state index contributed by atoms with van der Waals surface area (Å²) in [5, 5.41) is 4.11. The van der Waals surface area contributed by atoms with Gasteiger partial charge in [0.2, 0.25) is 17.6 Å². The van der Waals surface area contributed by atoms with Crippen molar-refractivity contribution in [2.45, 2.75) is 18.8 Å². The normalized spacial score (nSPS) is 21.6. The van der Waals surface area contributed by atoms with Gasteiger partial charge in [-0.25, -0.2) is 4.39 Å². The van der Waals surface area contributed by atoms with Crippen molar-refractivity contribution in [3.63, 3.8) is 0 Å². The first-order chi connectivity index (χ1) is 13.5. The molecule has 2 fully saturated rings. The molecule has 0 N–H and O–H groups in total. The largest absolute Gasteiger partial charge is 0.381 e. The number of benzene rings is 1. The molecular weight excluding hydrogens is 363 g/mol. The van der Waals surface area contributed by atoms with Crippen molar-refractivity contribution >= 4 is 5.91 Å². The van der Waals surface area contributed by atoms with Crippen LogP contribution < -0.4 is 0 Å². The van der Waals surface area contributed by atoms with E-state index in [9.17, 15) is 9.18 Å². The van der Waals surface area contributed by atoms with Gasteiger partial charge in [-0.3, -0.25) is 4.79 Å². The quantitative estimate of drug-likeness (QED) is 0.799. The van der Waals surface area contributed by atoms with E-state index in [0.717, 1.165) is 12.8 Å². The van der Waals surface area contributed by atoms with Gasteiger partial charge >= 0.3 is 0 Å². The lowest BCUT2D eigenvalue weighted by Gasteiger charge is -2.36. The van der Waals surface area contributed by atoms with Crippen LogP contribution in [0.2, 0.25) is 0 Å². The summed E-state index contributed by atoms with van der Waals surface area (Å²) in [7, 11) is 3.78. The minimum Gasteiger partial charge on any atom is -0.381 e. The number of aromatic nitrogens is 2. The van der Waals surface area contributed by atoms with E-state index in [2.05, 4.69) is 10.1 Å². The molecule has 4 rings (SSSR count). The van der Waals surface area contributed by atoms with Crippen LogP contribution in [0.25, 0.3) is 11.4 Å². The highest BCUT2D eigenvalue weighted by Crippen LogP contribution is 2.49. The van der Waals surface area contributed by atoms with Crippen molar-refractivity contribution < 1.29 is 18.4 Å². The molecule has 2 aliphatic heterocycles. The van der Waals surface area contributed by atoms with E-state index in [1.807, 2.05) is 23.9 Å². The third kappa shape index (κ3) is 3.66. The summed E-state index contributed by atoms with van der Waals surface area (Å²) in [5.74, 6) is 0.761. The van der Waals surface area contributed by atoms with Crippen LogP contribution in [0.4, 0.5) is 4.39 Å². The third-order valence-corrected chi connectivity index (χ3v) is 5.78. The third-order valence-electron chi connectivity index (χ3n) is 5.78. The fourth-order valence-electron chi connectivity index (χ4n) is 4.25. The first kappa shape index (κ1) is 19.0. The SMILES string of the molecule is CN(C)CC(=O)N1C[C@H](c2nc(-c3ccc(F)cc3)no2)C2(CCOCC2)C1. The summed E-state index contributed by atoms with van der Waals surface area (Å²) in [6.45, 7) is 2.97. The monoisotopic (exact) mass is 388 g/mol. The van der Waals surface area contributed by atoms with Gasteiger partial charge in [-0.15, -0.1) is 0 Å². The Morgan fingerprint density at radius 1 is 1.29 bits per heavy atom. The lowest BCUT2D eigenvalue weighted by molar-refractivity contribution is -0.131. The second-order valence-electron chi connectivity index (χ2n) is 8.00. The molecule has 150 valence electrons. The summed E-state index contributed by atoms with van der Waals surface area (Å²) in [5.41, 5.74) is 0.600. The topological polar surface area (TPSA) is 71.7 Å². The number of carbonyl (C=O) groups is 1. The Morgan fingerprint density at radius 3 is 2.68 bits per heavy atom. The summed E-state index contributed by atoms with van der Waals surface area (Å²) < 4.78 is 24.4. The van der Waals surface area contributed by atoms with E-state index in [1.54, 1.807) is 12.1 Å². The number of nitrogens with zero attached hydrogens (tertiary/aromatic N) is 4. The first-order valence-electron chi connectivity index (χ1n) is 9.57. The van der Waals surface area contributed by atoms with E-state index in [-0.39, 0.29) is 23.1 Å². The van der Waals surface area contributed by atoms with Crippen molar-refractivity contribution in [3.05, 3.63) is 36.0 Å². The molecule has 2 aromatic rings. The standard InChI is InChI=1S/C20H25FN4O3/c1-24(2)12-17(26)25-11-16(20(13-25)7-9-27-10-8-20)19-22-18(23-28-19)14-3-5-15(21)6-4-14/h3-6,16H,7-13H2,1-2H3/t16-/m1/s1. The van der Waals surface area contributed by atoms with Crippen LogP contribution in [0.3, 0.4) is 0 Å². The number of amides is 1. The predicted molar refractivity (Wildman–Crippen MR) is 100 cm³/mol. The van der Waals surface area contributed by atoms with Crippen molar-refractivity contribution in [3.8, 4) is 11.4 Å². The molecule has 1 atom stereocenters.